The van der Waals surface area contributed by atoms with Gasteiger partial charge in [-0.3, -0.25) is 4.98 Å². The van der Waals surface area contributed by atoms with Crippen LogP contribution in [0, 0.1) is 17.2 Å². The number of hydrogen-bond donors (Lipinski definition) is 1. The third-order valence-corrected chi connectivity index (χ3v) is 2.71. The van der Waals surface area contributed by atoms with E-state index in [9.17, 15) is 5.11 Å². The summed E-state index contributed by atoms with van der Waals surface area (Å²) in [6, 6.07) is 5.95. The van der Waals surface area contributed by atoms with Gasteiger partial charge in [0, 0.05) is 13.6 Å². The van der Waals surface area contributed by atoms with E-state index in [0.717, 1.165) is 5.69 Å². The van der Waals surface area contributed by atoms with Gasteiger partial charge in [-0.05, 0) is 25.5 Å². The van der Waals surface area contributed by atoms with Gasteiger partial charge in [0.1, 0.15) is 0 Å². The molecule has 0 saturated carbocycles. The second-order valence-electron chi connectivity index (χ2n) is 4.28. The molecule has 1 heterocycles. The van der Waals surface area contributed by atoms with Crippen LogP contribution in [0.4, 0.5) is 5.69 Å². The number of nitriles is 1. The molecule has 1 N–H and O–H groups in total. The lowest BCUT2D eigenvalue weighted by Crippen LogP contribution is -2.23. The van der Waals surface area contributed by atoms with Crippen LogP contribution in [0.15, 0.2) is 18.3 Å². The molecule has 1 rings (SSSR count). The van der Waals surface area contributed by atoms with Crippen molar-refractivity contribution in [2.24, 2.45) is 5.92 Å². The second-order valence-corrected chi connectivity index (χ2v) is 4.28. The molecule has 0 amide bonds. The molecule has 4 nitrogen and oxygen atoms in total. The molecular weight excluding hydrogens is 214 g/mol. The third kappa shape index (κ3) is 3.72. The molecule has 4 heteroatoms. The van der Waals surface area contributed by atoms with Crippen molar-refractivity contribution in [2.75, 3.05) is 18.5 Å². The van der Waals surface area contributed by atoms with Crippen LogP contribution in [0.3, 0.4) is 0 Å². The number of aliphatic hydroxyl groups excluding tert-OH is 1. The molecule has 0 fully saturated rings. The Hall–Kier alpha value is -1.60. The molecule has 0 spiro atoms. The predicted molar refractivity (Wildman–Crippen MR) is 67.5 cm³/mol. The number of hydrogen-bond acceptors (Lipinski definition) is 4. The smallest absolute Gasteiger partial charge is 0.0957 e. The van der Waals surface area contributed by atoms with Crippen LogP contribution in [0.1, 0.15) is 32.1 Å². The fraction of sp³-hybridized carbons (Fsp3) is 0.538. The molecule has 1 aromatic heterocycles. The lowest BCUT2D eigenvalue weighted by molar-refractivity contribution is 0.169. The first-order chi connectivity index (χ1) is 8.08. The molecular formula is C13H19N3O. The van der Waals surface area contributed by atoms with E-state index in [0.29, 0.717) is 18.7 Å². The summed E-state index contributed by atoms with van der Waals surface area (Å²) in [5.74, 6) is -0.0130. The van der Waals surface area contributed by atoms with Crippen molar-refractivity contribution in [1.29, 1.82) is 5.26 Å². The number of pyridine rings is 1. The standard InChI is InChI=1S/C13H19N3O/c1-4-13(17)12-6-5-11(8-15-12)16(3)9-10(2)7-14/h5-6,8,10,13,17H,4,9H2,1-3H3/t10?,13-/m0/s1. The van der Waals surface area contributed by atoms with E-state index in [1.54, 1.807) is 6.20 Å². The van der Waals surface area contributed by atoms with E-state index in [1.807, 2.05) is 37.9 Å². The molecule has 1 unspecified atom stereocenters. The summed E-state index contributed by atoms with van der Waals surface area (Å²) in [5.41, 5.74) is 1.65. The van der Waals surface area contributed by atoms with Crippen LogP contribution in [-0.4, -0.2) is 23.7 Å². The lowest BCUT2D eigenvalue weighted by atomic mass is 10.1. The van der Waals surface area contributed by atoms with Gasteiger partial charge in [-0.15, -0.1) is 0 Å². The summed E-state index contributed by atoms with van der Waals surface area (Å²) in [6.07, 6.45) is 1.90. The van der Waals surface area contributed by atoms with Gasteiger partial charge in [0.2, 0.25) is 0 Å². The molecule has 1 aromatic rings. The lowest BCUT2D eigenvalue weighted by Gasteiger charge is -2.20. The van der Waals surface area contributed by atoms with Gasteiger partial charge in [0.05, 0.1) is 35.7 Å². The molecule has 0 saturated heterocycles. The number of anilines is 1. The van der Waals surface area contributed by atoms with Gasteiger partial charge in [0.25, 0.3) is 0 Å². The van der Waals surface area contributed by atoms with E-state index < -0.39 is 6.10 Å². The van der Waals surface area contributed by atoms with Crippen LogP contribution in [0.2, 0.25) is 0 Å². The van der Waals surface area contributed by atoms with Crippen LogP contribution in [0.25, 0.3) is 0 Å². The number of aliphatic hydroxyl groups is 1. The minimum atomic E-state index is -0.493. The second kappa shape index (κ2) is 6.21. The van der Waals surface area contributed by atoms with Gasteiger partial charge in [-0.2, -0.15) is 5.26 Å². The Bertz CT molecular complexity index is 383. The van der Waals surface area contributed by atoms with Gasteiger partial charge in [0.15, 0.2) is 0 Å². The summed E-state index contributed by atoms with van der Waals surface area (Å²) >= 11 is 0. The highest BCUT2D eigenvalue weighted by atomic mass is 16.3. The molecule has 0 aliphatic heterocycles. The summed E-state index contributed by atoms with van der Waals surface area (Å²) in [7, 11) is 1.93. The predicted octanol–water partition coefficient (Wildman–Crippen LogP) is 2.12. The zero-order chi connectivity index (χ0) is 12.8. The SMILES string of the molecule is CC[C@H](O)c1ccc(N(C)CC(C)C#N)cn1. The van der Waals surface area contributed by atoms with E-state index in [1.165, 1.54) is 0 Å². The average Bonchev–Trinajstić information content (AvgIpc) is 2.37. The van der Waals surface area contributed by atoms with Crippen LogP contribution >= 0.6 is 0 Å². The summed E-state index contributed by atoms with van der Waals surface area (Å²) in [4.78, 5) is 6.22. The van der Waals surface area contributed by atoms with Crippen LogP contribution in [-0.2, 0) is 0 Å². The maximum atomic E-state index is 9.62. The Balaban J connectivity index is 2.71. The van der Waals surface area contributed by atoms with E-state index in [4.69, 9.17) is 5.26 Å². The van der Waals surface area contributed by atoms with Gasteiger partial charge in [-0.1, -0.05) is 6.92 Å². The zero-order valence-electron chi connectivity index (χ0n) is 10.6. The highest BCUT2D eigenvalue weighted by Crippen LogP contribution is 2.18. The minimum absolute atomic E-state index is 0.0130. The summed E-state index contributed by atoms with van der Waals surface area (Å²) in [5, 5.41) is 18.4. The molecule has 0 radical (unpaired) electrons. The Morgan fingerprint density at radius 1 is 1.53 bits per heavy atom. The number of rotatable bonds is 5. The Morgan fingerprint density at radius 2 is 2.24 bits per heavy atom. The van der Waals surface area contributed by atoms with Crippen molar-refractivity contribution >= 4 is 5.69 Å². The van der Waals surface area contributed by atoms with Crippen LogP contribution < -0.4 is 4.90 Å². The first-order valence-electron chi connectivity index (χ1n) is 5.83. The van der Waals surface area contributed by atoms with Gasteiger partial charge < -0.3 is 10.0 Å². The Labute approximate surface area is 103 Å². The molecule has 0 aromatic carbocycles. The zero-order valence-corrected chi connectivity index (χ0v) is 10.6. The summed E-state index contributed by atoms with van der Waals surface area (Å²) in [6.45, 7) is 4.48. The monoisotopic (exact) mass is 233 g/mol. The van der Waals surface area contributed by atoms with Gasteiger partial charge >= 0.3 is 0 Å². The largest absolute Gasteiger partial charge is 0.387 e. The first-order valence-corrected chi connectivity index (χ1v) is 5.83. The molecule has 0 aliphatic rings. The maximum absolute atomic E-state index is 9.62. The number of nitrogens with zero attached hydrogens (tertiary/aromatic N) is 3. The molecule has 92 valence electrons. The van der Waals surface area contributed by atoms with Crippen molar-refractivity contribution in [2.45, 2.75) is 26.4 Å². The topological polar surface area (TPSA) is 60.1 Å². The normalized spacial score (nSPS) is 13.8. The highest BCUT2D eigenvalue weighted by Gasteiger charge is 2.09. The van der Waals surface area contributed by atoms with Crippen molar-refractivity contribution < 1.29 is 5.11 Å². The van der Waals surface area contributed by atoms with Crippen molar-refractivity contribution in [3.63, 3.8) is 0 Å². The molecule has 0 aliphatic carbocycles. The summed E-state index contributed by atoms with van der Waals surface area (Å²) < 4.78 is 0. The van der Waals surface area contributed by atoms with E-state index >= 15 is 0 Å². The average molecular weight is 233 g/mol. The molecule has 2 atom stereocenters. The van der Waals surface area contributed by atoms with Crippen molar-refractivity contribution in [3.05, 3.63) is 24.0 Å². The van der Waals surface area contributed by atoms with E-state index in [-0.39, 0.29) is 5.92 Å². The maximum Gasteiger partial charge on any atom is 0.0957 e. The Morgan fingerprint density at radius 3 is 2.71 bits per heavy atom. The number of aromatic nitrogens is 1. The van der Waals surface area contributed by atoms with E-state index in [2.05, 4.69) is 11.1 Å². The minimum Gasteiger partial charge on any atom is -0.387 e. The third-order valence-electron chi connectivity index (χ3n) is 2.71. The van der Waals surface area contributed by atoms with Crippen LogP contribution in [0.5, 0.6) is 0 Å². The van der Waals surface area contributed by atoms with Crippen molar-refractivity contribution in [3.8, 4) is 6.07 Å². The van der Waals surface area contributed by atoms with Crippen molar-refractivity contribution in [1.82, 2.24) is 4.98 Å². The highest BCUT2D eigenvalue weighted by molar-refractivity contribution is 5.44. The molecule has 17 heavy (non-hydrogen) atoms. The quantitative estimate of drug-likeness (QED) is 0.846. The molecule has 0 bridgehead atoms. The first kappa shape index (κ1) is 13.5. The fourth-order valence-corrected chi connectivity index (χ4v) is 1.59. The fourth-order valence-electron chi connectivity index (χ4n) is 1.59. The Kier molecular flexibility index (Phi) is 4.92. The van der Waals surface area contributed by atoms with Gasteiger partial charge in [-0.25, -0.2) is 0 Å².